The zero-order valence-electron chi connectivity index (χ0n) is 18.2. The van der Waals surface area contributed by atoms with Gasteiger partial charge in [-0.2, -0.15) is 0 Å². The molecule has 4 rings (SSSR count). The number of amides is 1. The van der Waals surface area contributed by atoms with Crippen LogP contribution < -0.4 is 5.32 Å². The highest BCUT2D eigenvalue weighted by molar-refractivity contribution is 7.13. The summed E-state index contributed by atoms with van der Waals surface area (Å²) in [7, 11) is 0. The molecule has 0 radical (unpaired) electrons. The second-order valence-corrected chi connectivity index (χ2v) is 8.82. The maximum absolute atomic E-state index is 13.0. The first-order valence-electron chi connectivity index (χ1n) is 10.4. The number of hydrogen-bond acceptors (Lipinski definition) is 5. The van der Waals surface area contributed by atoms with Crippen LogP contribution >= 0.6 is 11.3 Å². The molecule has 0 fully saturated rings. The Hall–Kier alpha value is -3.51. The topological polar surface area (TPSA) is 68.3 Å². The molecule has 5 nitrogen and oxygen atoms in total. The van der Waals surface area contributed by atoms with Crippen LogP contribution in [-0.4, -0.2) is 23.5 Å². The minimum Gasteiger partial charge on any atom is -0.452 e. The van der Waals surface area contributed by atoms with E-state index in [4.69, 9.17) is 4.74 Å². The highest BCUT2D eigenvalue weighted by Crippen LogP contribution is 2.29. The molecule has 1 amide bonds. The molecule has 0 bridgehead atoms. The van der Waals surface area contributed by atoms with Crippen LogP contribution in [0.25, 0.3) is 21.5 Å². The molecule has 6 heteroatoms. The second kappa shape index (κ2) is 9.32. The number of aromatic nitrogens is 1. The van der Waals surface area contributed by atoms with Crippen molar-refractivity contribution in [1.29, 1.82) is 0 Å². The van der Waals surface area contributed by atoms with Gasteiger partial charge in [-0.15, -0.1) is 11.3 Å². The molecule has 0 aliphatic heterocycles. The molecule has 0 saturated heterocycles. The zero-order chi connectivity index (χ0) is 22.7. The lowest BCUT2D eigenvalue weighted by Gasteiger charge is -2.16. The number of nitrogens with zero attached hydrogens (tertiary/aromatic N) is 1. The minimum atomic E-state index is -0.551. The summed E-state index contributed by atoms with van der Waals surface area (Å²) in [5.74, 6) is -0.663. The fourth-order valence-corrected chi connectivity index (χ4v) is 4.31. The van der Waals surface area contributed by atoms with Crippen LogP contribution in [0.4, 0.5) is 5.69 Å². The van der Waals surface area contributed by atoms with Crippen molar-refractivity contribution in [2.75, 3.05) is 11.9 Å². The number of pyridine rings is 1. The van der Waals surface area contributed by atoms with Gasteiger partial charge in [0.2, 0.25) is 0 Å². The van der Waals surface area contributed by atoms with Gasteiger partial charge >= 0.3 is 5.97 Å². The molecule has 2 aromatic carbocycles. The molecule has 0 saturated carbocycles. The van der Waals surface area contributed by atoms with Crippen LogP contribution in [0.15, 0.2) is 66.0 Å². The molecule has 0 atom stereocenters. The summed E-state index contributed by atoms with van der Waals surface area (Å²) in [6, 6.07) is 19.0. The normalized spacial score (nSPS) is 11.0. The van der Waals surface area contributed by atoms with Gasteiger partial charge < -0.3 is 10.1 Å². The largest absolute Gasteiger partial charge is 0.452 e. The van der Waals surface area contributed by atoms with Crippen molar-refractivity contribution in [2.45, 2.75) is 26.7 Å². The van der Waals surface area contributed by atoms with E-state index in [-0.39, 0.29) is 18.4 Å². The second-order valence-electron chi connectivity index (χ2n) is 7.87. The van der Waals surface area contributed by atoms with Gasteiger partial charge in [0.05, 0.1) is 21.7 Å². The van der Waals surface area contributed by atoms with Crippen LogP contribution in [-0.2, 0) is 9.53 Å². The van der Waals surface area contributed by atoms with Crippen molar-refractivity contribution in [3.63, 3.8) is 0 Å². The van der Waals surface area contributed by atoms with Crippen LogP contribution in [0, 0.1) is 6.92 Å². The lowest BCUT2D eigenvalue weighted by molar-refractivity contribution is -0.119. The minimum absolute atomic E-state index is 0.256. The van der Waals surface area contributed by atoms with Gasteiger partial charge in [0, 0.05) is 11.1 Å². The van der Waals surface area contributed by atoms with E-state index in [0.29, 0.717) is 22.2 Å². The van der Waals surface area contributed by atoms with Crippen LogP contribution in [0.2, 0.25) is 0 Å². The van der Waals surface area contributed by atoms with Crippen molar-refractivity contribution in [2.24, 2.45) is 0 Å². The van der Waals surface area contributed by atoms with Gasteiger partial charge in [-0.3, -0.25) is 4.79 Å². The Bertz CT molecular complexity index is 1280. The molecule has 0 aliphatic rings. The zero-order valence-corrected chi connectivity index (χ0v) is 19.0. The summed E-state index contributed by atoms with van der Waals surface area (Å²) >= 11 is 1.55. The predicted molar refractivity (Wildman–Crippen MR) is 129 cm³/mol. The Balaban J connectivity index is 1.54. The highest BCUT2D eigenvalue weighted by Gasteiger charge is 2.18. The quantitative estimate of drug-likeness (QED) is 0.360. The number of aryl methyl sites for hydroxylation is 1. The van der Waals surface area contributed by atoms with E-state index < -0.39 is 5.97 Å². The first kappa shape index (κ1) is 21.7. The molecular weight excluding hydrogens is 420 g/mol. The van der Waals surface area contributed by atoms with E-state index in [0.717, 1.165) is 21.7 Å². The first-order chi connectivity index (χ1) is 15.4. The number of rotatable bonds is 6. The number of benzene rings is 2. The highest BCUT2D eigenvalue weighted by atomic mass is 32.1. The van der Waals surface area contributed by atoms with E-state index in [1.165, 1.54) is 0 Å². The average molecular weight is 445 g/mol. The van der Waals surface area contributed by atoms with Gasteiger partial charge in [0.15, 0.2) is 6.61 Å². The molecule has 4 aromatic rings. The number of fused-ring (bicyclic) bond motifs is 1. The summed E-state index contributed by atoms with van der Waals surface area (Å²) in [5, 5.41) is 5.57. The predicted octanol–water partition coefficient (Wildman–Crippen LogP) is 6.19. The molecule has 162 valence electrons. The van der Waals surface area contributed by atoms with Crippen molar-refractivity contribution in [3.8, 4) is 10.6 Å². The van der Waals surface area contributed by atoms with Crippen molar-refractivity contribution < 1.29 is 14.3 Å². The standard InChI is InChI=1S/C26H24N2O3S/c1-16(2)18-10-6-8-17(3)25(18)28-24(29)15-31-26(30)20-14-22(23-12-7-13-32-23)27-21-11-5-4-9-19(20)21/h4-14,16H,15H2,1-3H3,(H,28,29). The van der Waals surface area contributed by atoms with Gasteiger partial charge in [0.25, 0.3) is 5.91 Å². The smallest absolute Gasteiger partial charge is 0.339 e. The fourth-order valence-electron chi connectivity index (χ4n) is 3.62. The first-order valence-corrected chi connectivity index (χ1v) is 11.3. The molecule has 0 spiro atoms. The van der Waals surface area contributed by atoms with Gasteiger partial charge in [-0.1, -0.05) is 56.3 Å². The number of ether oxygens (including phenoxy) is 1. The summed E-state index contributed by atoms with van der Waals surface area (Å²) < 4.78 is 5.41. The SMILES string of the molecule is Cc1cccc(C(C)C)c1NC(=O)COC(=O)c1cc(-c2cccs2)nc2ccccc12. The van der Waals surface area contributed by atoms with Crippen molar-refractivity contribution in [1.82, 2.24) is 4.98 Å². The molecule has 32 heavy (non-hydrogen) atoms. The van der Waals surface area contributed by atoms with E-state index in [1.54, 1.807) is 17.4 Å². The van der Waals surface area contributed by atoms with Crippen LogP contribution in [0.1, 0.15) is 41.3 Å². The fraction of sp³-hybridized carbons (Fsp3) is 0.192. The van der Waals surface area contributed by atoms with Crippen LogP contribution in [0.5, 0.6) is 0 Å². The van der Waals surface area contributed by atoms with E-state index >= 15 is 0 Å². The number of carbonyl (C=O) groups is 2. The summed E-state index contributed by atoms with van der Waals surface area (Å²) in [6.45, 7) is 5.73. The third-order valence-corrected chi connectivity index (χ3v) is 6.13. The van der Waals surface area contributed by atoms with Gasteiger partial charge in [0.1, 0.15) is 0 Å². The van der Waals surface area contributed by atoms with Crippen molar-refractivity contribution in [3.05, 3.63) is 82.7 Å². The summed E-state index contributed by atoms with van der Waals surface area (Å²) in [6.07, 6.45) is 0. The number of esters is 1. The van der Waals surface area contributed by atoms with Gasteiger partial charge in [-0.25, -0.2) is 9.78 Å². The Morgan fingerprint density at radius 3 is 2.62 bits per heavy atom. The van der Waals surface area contributed by atoms with Crippen LogP contribution in [0.3, 0.4) is 0 Å². The molecule has 0 unspecified atom stereocenters. The van der Waals surface area contributed by atoms with Crippen molar-refractivity contribution >= 4 is 39.8 Å². The van der Waals surface area contributed by atoms with E-state index in [9.17, 15) is 9.59 Å². The van der Waals surface area contributed by atoms with E-state index in [2.05, 4.69) is 24.1 Å². The lowest BCUT2D eigenvalue weighted by Crippen LogP contribution is -2.22. The Kier molecular flexibility index (Phi) is 6.32. The number of carbonyl (C=O) groups excluding carboxylic acids is 2. The Morgan fingerprint density at radius 2 is 1.88 bits per heavy atom. The number of para-hydroxylation sites is 2. The molecular formula is C26H24N2O3S. The maximum Gasteiger partial charge on any atom is 0.339 e. The number of thiophene rings is 1. The Morgan fingerprint density at radius 1 is 1.06 bits per heavy atom. The summed E-state index contributed by atoms with van der Waals surface area (Å²) in [5.41, 5.74) is 4.60. The monoisotopic (exact) mass is 444 g/mol. The third-order valence-electron chi connectivity index (χ3n) is 5.24. The molecule has 1 N–H and O–H groups in total. The third kappa shape index (κ3) is 4.55. The Labute approximate surface area is 191 Å². The number of nitrogens with one attached hydrogen (secondary N) is 1. The summed E-state index contributed by atoms with van der Waals surface area (Å²) in [4.78, 5) is 31.2. The van der Waals surface area contributed by atoms with E-state index in [1.807, 2.05) is 66.9 Å². The maximum atomic E-state index is 13.0. The molecule has 2 heterocycles. The lowest BCUT2D eigenvalue weighted by atomic mass is 9.98. The molecule has 0 aliphatic carbocycles. The average Bonchev–Trinajstić information content (AvgIpc) is 3.33. The number of anilines is 1. The number of hydrogen-bond donors (Lipinski definition) is 1. The molecule has 2 aromatic heterocycles. The van der Waals surface area contributed by atoms with Gasteiger partial charge in [-0.05, 0) is 47.5 Å².